The molecule has 0 spiro atoms. The molecule has 1 atom stereocenters. The van der Waals surface area contributed by atoms with Gasteiger partial charge in [0, 0.05) is 25.3 Å². The zero-order valence-corrected chi connectivity index (χ0v) is 16.5. The van der Waals surface area contributed by atoms with Crippen LogP contribution in [0.5, 0.6) is 0 Å². The van der Waals surface area contributed by atoms with Gasteiger partial charge in [-0.15, -0.1) is 0 Å². The minimum Gasteiger partial charge on any atom is -0.313 e. The second-order valence-corrected chi connectivity index (χ2v) is 7.84. The highest BCUT2D eigenvalue weighted by Gasteiger charge is 2.17. The molecule has 0 aromatic carbocycles. The van der Waals surface area contributed by atoms with Crippen LogP contribution in [-0.2, 0) is 19.9 Å². The minimum atomic E-state index is 0.519. The van der Waals surface area contributed by atoms with E-state index in [1.165, 1.54) is 22.3 Å². The van der Waals surface area contributed by atoms with E-state index in [0.717, 1.165) is 36.8 Å². The summed E-state index contributed by atoms with van der Waals surface area (Å²) in [5.74, 6) is 3.16. The number of thioether (sulfide) groups is 1. The highest BCUT2D eigenvalue weighted by atomic mass is 79.9. The van der Waals surface area contributed by atoms with E-state index in [1.54, 1.807) is 0 Å². The molecule has 0 aliphatic carbocycles. The number of halogens is 1. The van der Waals surface area contributed by atoms with Crippen molar-refractivity contribution in [3.05, 3.63) is 15.9 Å². The smallest absolute Gasteiger partial charge is 0.0766 e. The number of aromatic nitrogens is 2. The highest BCUT2D eigenvalue weighted by Crippen LogP contribution is 2.23. The first kappa shape index (κ1) is 19.0. The zero-order chi connectivity index (χ0) is 15.8. The maximum atomic E-state index is 4.61. The Morgan fingerprint density at radius 1 is 1.29 bits per heavy atom. The van der Waals surface area contributed by atoms with E-state index in [4.69, 9.17) is 0 Å². The minimum absolute atomic E-state index is 0.519. The van der Waals surface area contributed by atoms with Crippen molar-refractivity contribution in [3.63, 3.8) is 0 Å². The molecule has 0 saturated carbocycles. The van der Waals surface area contributed by atoms with Gasteiger partial charge in [-0.1, -0.05) is 27.7 Å². The molecule has 0 radical (unpaired) electrons. The number of hydrogen-bond donors (Lipinski definition) is 1. The topological polar surface area (TPSA) is 29.9 Å². The SMILES string of the molecule is CCCNC(CSCC(C)C)Cc1c(Br)c(CC)nn1C. The molecule has 1 aromatic rings. The maximum Gasteiger partial charge on any atom is 0.0766 e. The molecule has 122 valence electrons. The summed E-state index contributed by atoms with van der Waals surface area (Å²) in [4.78, 5) is 0. The van der Waals surface area contributed by atoms with Crippen LogP contribution in [0, 0.1) is 5.92 Å². The van der Waals surface area contributed by atoms with E-state index < -0.39 is 0 Å². The Balaban J connectivity index is 2.68. The van der Waals surface area contributed by atoms with Crippen molar-refractivity contribution >= 4 is 27.7 Å². The van der Waals surface area contributed by atoms with Gasteiger partial charge < -0.3 is 5.32 Å². The highest BCUT2D eigenvalue weighted by molar-refractivity contribution is 9.10. The fourth-order valence-corrected chi connectivity index (χ4v) is 4.17. The Hall–Kier alpha value is 0. The third kappa shape index (κ3) is 6.33. The molecule has 0 aliphatic rings. The van der Waals surface area contributed by atoms with E-state index in [2.05, 4.69) is 72.8 Å². The van der Waals surface area contributed by atoms with Crippen LogP contribution in [0.3, 0.4) is 0 Å². The van der Waals surface area contributed by atoms with Gasteiger partial charge in [0.15, 0.2) is 0 Å². The Kier molecular flexibility index (Phi) is 8.98. The summed E-state index contributed by atoms with van der Waals surface area (Å²) in [6.45, 7) is 10.0. The predicted octanol–water partition coefficient (Wildman–Crippen LogP) is 4.04. The van der Waals surface area contributed by atoms with Crippen molar-refractivity contribution < 1.29 is 0 Å². The Bertz CT molecular complexity index is 418. The average molecular weight is 376 g/mol. The third-order valence-corrected chi connectivity index (χ3v) is 5.85. The van der Waals surface area contributed by atoms with Gasteiger partial charge in [-0.2, -0.15) is 16.9 Å². The van der Waals surface area contributed by atoms with E-state index >= 15 is 0 Å². The summed E-state index contributed by atoms with van der Waals surface area (Å²) in [5, 5.41) is 8.30. The first-order chi connectivity index (χ1) is 9.99. The van der Waals surface area contributed by atoms with Crippen LogP contribution < -0.4 is 5.32 Å². The number of rotatable bonds is 10. The molecule has 0 saturated heterocycles. The van der Waals surface area contributed by atoms with Crippen LogP contribution >= 0.6 is 27.7 Å². The molecule has 5 heteroatoms. The molecule has 0 bridgehead atoms. The second-order valence-electron chi connectivity index (χ2n) is 5.97. The Morgan fingerprint density at radius 3 is 2.52 bits per heavy atom. The molecule has 1 rings (SSSR count). The number of nitrogens with one attached hydrogen (secondary N) is 1. The normalized spacial score (nSPS) is 13.1. The first-order valence-electron chi connectivity index (χ1n) is 8.00. The fraction of sp³-hybridized carbons (Fsp3) is 0.812. The van der Waals surface area contributed by atoms with Gasteiger partial charge in [0.2, 0.25) is 0 Å². The summed E-state index contributed by atoms with van der Waals surface area (Å²) >= 11 is 5.79. The van der Waals surface area contributed by atoms with Gasteiger partial charge in [-0.05, 0) is 47.0 Å². The van der Waals surface area contributed by atoms with E-state index in [-0.39, 0.29) is 0 Å². The van der Waals surface area contributed by atoms with Crippen molar-refractivity contribution in [2.75, 3.05) is 18.1 Å². The van der Waals surface area contributed by atoms with Crippen LogP contribution in [-0.4, -0.2) is 33.9 Å². The monoisotopic (exact) mass is 375 g/mol. The molecule has 1 unspecified atom stereocenters. The quantitative estimate of drug-likeness (QED) is 0.668. The lowest BCUT2D eigenvalue weighted by atomic mass is 10.1. The lowest BCUT2D eigenvalue weighted by Crippen LogP contribution is -2.35. The van der Waals surface area contributed by atoms with Crippen molar-refractivity contribution in [3.8, 4) is 0 Å². The van der Waals surface area contributed by atoms with Crippen molar-refractivity contribution in [2.24, 2.45) is 13.0 Å². The van der Waals surface area contributed by atoms with Gasteiger partial charge in [-0.25, -0.2) is 0 Å². The third-order valence-electron chi connectivity index (χ3n) is 3.40. The lowest BCUT2D eigenvalue weighted by Gasteiger charge is -2.19. The van der Waals surface area contributed by atoms with Crippen molar-refractivity contribution in [1.29, 1.82) is 0 Å². The van der Waals surface area contributed by atoms with Crippen LogP contribution in [0.2, 0.25) is 0 Å². The van der Waals surface area contributed by atoms with Gasteiger partial charge in [0.05, 0.1) is 15.9 Å². The molecule has 0 fully saturated rings. The van der Waals surface area contributed by atoms with Crippen molar-refractivity contribution in [2.45, 2.75) is 53.0 Å². The van der Waals surface area contributed by atoms with Crippen LogP contribution in [0.15, 0.2) is 4.47 Å². The van der Waals surface area contributed by atoms with E-state index in [1.807, 2.05) is 4.68 Å². The molecule has 3 nitrogen and oxygen atoms in total. The van der Waals surface area contributed by atoms with Gasteiger partial charge >= 0.3 is 0 Å². The molecule has 0 amide bonds. The van der Waals surface area contributed by atoms with Crippen LogP contribution in [0.25, 0.3) is 0 Å². The molecule has 0 aliphatic heterocycles. The van der Waals surface area contributed by atoms with Gasteiger partial charge in [0.25, 0.3) is 0 Å². The molecule has 1 N–H and O–H groups in total. The van der Waals surface area contributed by atoms with Gasteiger partial charge in [-0.3, -0.25) is 4.68 Å². The zero-order valence-electron chi connectivity index (χ0n) is 14.1. The molecule has 1 aromatic heterocycles. The summed E-state index contributed by atoms with van der Waals surface area (Å²) in [6, 6.07) is 0.519. The Labute approximate surface area is 142 Å². The standard InChI is InChI=1S/C16H30BrN3S/c1-6-8-18-13(11-21-10-12(3)4)9-15-16(17)14(7-2)19-20(15)5/h12-13,18H,6-11H2,1-5H3. The van der Waals surface area contributed by atoms with E-state index in [9.17, 15) is 0 Å². The Morgan fingerprint density at radius 2 is 2.00 bits per heavy atom. The number of aryl methyl sites for hydroxylation is 2. The largest absolute Gasteiger partial charge is 0.313 e. The number of hydrogen-bond acceptors (Lipinski definition) is 3. The molecule has 21 heavy (non-hydrogen) atoms. The number of nitrogens with zero attached hydrogens (tertiary/aromatic N) is 2. The van der Waals surface area contributed by atoms with E-state index in [0.29, 0.717) is 6.04 Å². The average Bonchev–Trinajstić information content (AvgIpc) is 2.71. The summed E-state index contributed by atoms with van der Waals surface area (Å²) in [7, 11) is 2.05. The summed E-state index contributed by atoms with van der Waals surface area (Å²) < 4.78 is 3.24. The lowest BCUT2D eigenvalue weighted by molar-refractivity contribution is 0.530. The second kappa shape index (κ2) is 9.90. The van der Waals surface area contributed by atoms with Crippen molar-refractivity contribution in [1.82, 2.24) is 15.1 Å². The van der Waals surface area contributed by atoms with Gasteiger partial charge in [0.1, 0.15) is 0 Å². The summed E-state index contributed by atoms with van der Waals surface area (Å²) in [6.07, 6.45) is 3.19. The molecule has 1 heterocycles. The molecular formula is C16H30BrN3S. The maximum absolute atomic E-state index is 4.61. The summed E-state index contributed by atoms with van der Waals surface area (Å²) in [5.41, 5.74) is 2.47. The predicted molar refractivity (Wildman–Crippen MR) is 98.2 cm³/mol. The van der Waals surface area contributed by atoms with Crippen LogP contribution in [0.1, 0.15) is 45.5 Å². The molecular weight excluding hydrogens is 346 g/mol. The fourth-order valence-electron chi connectivity index (χ4n) is 2.26. The van der Waals surface area contributed by atoms with Crippen LogP contribution in [0.4, 0.5) is 0 Å². The first-order valence-corrected chi connectivity index (χ1v) is 9.95.